The average Bonchev–Trinajstić information content (AvgIpc) is 2.43. The summed E-state index contributed by atoms with van der Waals surface area (Å²) in [4.78, 5) is 23.0. The van der Waals surface area contributed by atoms with Gasteiger partial charge in [0, 0.05) is 11.1 Å². The van der Waals surface area contributed by atoms with Crippen LogP contribution in [-0.4, -0.2) is 23.0 Å². The van der Waals surface area contributed by atoms with Crippen molar-refractivity contribution in [1.82, 2.24) is 5.32 Å². The molecule has 1 fully saturated rings. The second-order valence-electron chi connectivity index (χ2n) is 5.11. The first-order valence-electron chi connectivity index (χ1n) is 6.56. The fourth-order valence-corrected chi connectivity index (χ4v) is 3.08. The topological polar surface area (TPSA) is 66.4 Å². The minimum Gasteiger partial charge on any atom is -0.481 e. The monoisotopic (exact) mass is 377 g/mol. The van der Waals surface area contributed by atoms with Crippen LogP contribution in [-0.2, 0) is 4.79 Å². The molecule has 0 unspecified atom stereocenters. The van der Waals surface area contributed by atoms with E-state index >= 15 is 0 Å². The number of carbonyl (C=O) groups excluding carboxylic acids is 1. The van der Waals surface area contributed by atoms with Gasteiger partial charge in [-0.15, -0.1) is 0 Å². The van der Waals surface area contributed by atoms with Gasteiger partial charge in [-0.2, -0.15) is 0 Å². The SMILES string of the molecule is O=C(NC1CCC(C(=O)O)CC1)c1cc(Cl)cc(F)c1Br. The van der Waals surface area contributed by atoms with E-state index in [0.29, 0.717) is 25.7 Å². The van der Waals surface area contributed by atoms with Crippen LogP contribution in [0.25, 0.3) is 0 Å². The third-order valence-corrected chi connectivity index (χ3v) is 4.67. The minimum absolute atomic E-state index is 0.0728. The summed E-state index contributed by atoms with van der Waals surface area (Å²) in [5.41, 5.74) is 0.139. The molecule has 1 amide bonds. The molecule has 4 nitrogen and oxygen atoms in total. The summed E-state index contributed by atoms with van der Waals surface area (Å²) >= 11 is 8.79. The van der Waals surface area contributed by atoms with Gasteiger partial charge in [-0.05, 0) is 53.7 Å². The summed E-state index contributed by atoms with van der Waals surface area (Å²) in [6.45, 7) is 0. The number of aliphatic carboxylic acids is 1. The maximum Gasteiger partial charge on any atom is 0.306 e. The summed E-state index contributed by atoms with van der Waals surface area (Å²) in [6.07, 6.45) is 2.27. The molecule has 0 radical (unpaired) electrons. The van der Waals surface area contributed by atoms with E-state index in [1.54, 1.807) is 0 Å². The van der Waals surface area contributed by atoms with Crippen LogP contribution in [0.4, 0.5) is 4.39 Å². The molecule has 0 saturated heterocycles. The Morgan fingerprint density at radius 3 is 2.48 bits per heavy atom. The van der Waals surface area contributed by atoms with Gasteiger partial charge in [0.1, 0.15) is 5.82 Å². The van der Waals surface area contributed by atoms with Gasteiger partial charge in [0.25, 0.3) is 5.91 Å². The van der Waals surface area contributed by atoms with E-state index < -0.39 is 17.7 Å². The van der Waals surface area contributed by atoms with Crippen molar-refractivity contribution >= 4 is 39.4 Å². The molecular weight excluding hydrogens is 365 g/mol. The van der Waals surface area contributed by atoms with Gasteiger partial charge in [0.15, 0.2) is 0 Å². The van der Waals surface area contributed by atoms with Crippen molar-refractivity contribution in [1.29, 1.82) is 0 Å². The predicted molar refractivity (Wildman–Crippen MR) is 80.0 cm³/mol. The Morgan fingerprint density at radius 2 is 1.90 bits per heavy atom. The highest BCUT2D eigenvalue weighted by molar-refractivity contribution is 9.10. The molecule has 0 aliphatic heterocycles. The zero-order valence-electron chi connectivity index (χ0n) is 11.0. The molecule has 7 heteroatoms. The number of carboxylic acids is 1. The maximum atomic E-state index is 13.5. The first-order valence-corrected chi connectivity index (χ1v) is 7.73. The third-order valence-electron chi connectivity index (χ3n) is 3.65. The Labute approximate surface area is 134 Å². The molecule has 0 heterocycles. The molecule has 2 N–H and O–H groups in total. The fourth-order valence-electron chi connectivity index (χ4n) is 2.47. The first-order chi connectivity index (χ1) is 9.88. The Hall–Kier alpha value is -1.14. The van der Waals surface area contributed by atoms with Gasteiger partial charge in [-0.1, -0.05) is 11.6 Å². The average molecular weight is 379 g/mol. The number of carbonyl (C=O) groups is 2. The quantitative estimate of drug-likeness (QED) is 0.790. The van der Waals surface area contributed by atoms with Crippen molar-refractivity contribution in [3.63, 3.8) is 0 Å². The highest BCUT2D eigenvalue weighted by atomic mass is 79.9. The summed E-state index contributed by atoms with van der Waals surface area (Å²) in [6, 6.07) is 2.43. The molecule has 21 heavy (non-hydrogen) atoms. The van der Waals surface area contributed by atoms with Gasteiger partial charge in [-0.3, -0.25) is 9.59 Å². The van der Waals surface area contributed by atoms with E-state index in [-0.39, 0.29) is 27.0 Å². The Morgan fingerprint density at radius 1 is 1.29 bits per heavy atom. The maximum absolute atomic E-state index is 13.5. The Bertz CT molecular complexity index is 574. The van der Waals surface area contributed by atoms with Gasteiger partial charge in [0.05, 0.1) is 16.0 Å². The number of benzene rings is 1. The second-order valence-corrected chi connectivity index (χ2v) is 6.34. The Kier molecular flexibility index (Phi) is 5.22. The molecule has 114 valence electrons. The van der Waals surface area contributed by atoms with Crippen LogP contribution in [0.2, 0.25) is 5.02 Å². The number of hydrogen-bond donors (Lipinski definition) is 2. The van der Waals surface area contributed by atoms with E-state index in [1.165, 1.54) is 6.07 Å². The van der Waals surface area contributed by atoms with Crippen molar-refractivity contribution in [2.24, 2.45) is 5.92 Å². The highest BCUT2D eigenvalue weighted by Gasteiger charge is 2.27. The highest BCUT2D eigenvalue weighted by Crippen LogP contribution is 2.27. The lowest BCUT2D eigenvalue weighted by Crippen LogP contribution is -2.38. The molecule has 1 aromatic carbocycles. The summed E-state index contributed by atoms with van der Waals surface area (Å²) in [5.74, 6) is -2.14. The lowest BCUT2D eigenvalue weighted by Gasteiger charge is -2.27. The predicted octanol–water partition coefficient (Wildman–Crippen LogP) is 3.61. The van der Waals surface area contributed by atoms with E-state index in [9.17, 15) is 14.0 Å². The first kappa shape index (κ1) is 16.2. The molecule has 1 aromatic rings. The van der Waals surface area contributed by atoms with E-state index in [1.807, 2.05) is 0 Å². The molecule has 0 spiro atoms. The zero-order chi connectivity index (χ0) is 15.6. The Balaban J connectivity index is 2.01. The summed E-state index contributed by atoms with van der Waals surface area (Å²) < 4.78 is 13.6. The number of rotatable bonds is 3. The van der Waals surface area contributed by atoms with Crippen molar-refractivity contribution in [3.05, 3.63) is 33.0 Å². The minimum atomic E-state index is -0.792. The van der Waals surface area contributed by atoms with E-state index in [4.69, 9.17) is 16.7 Å². The smallest absolute Gasteiger partial charge is 0.306 e. The van der Waals surface area contributed by atoms with Crippen molar-refractivity contribution in [2.45, 2.75) is 31.7 Å². The van der Waals surface area contributed by atoms with Gasteiger partial charge in [-0.25, -0.2) is 4.39 Å². The number of halogens is 3. The molecule has 1 saturated carbocycles. The summed E-state index contributed by atoms with van der Waals surface area (Å²) in [7, 11) is 0. The molecule has 2 rings (SSSR count). The van der Waals surface area contributed by atoms with Crippen LogP contribution in [0.5, 0.6) is 0 Å². The largest absolute Gasteiger partial charge is 0.481 e. The van der Waals surface area contributed by atoms with Crippen LogP contribution >= 0.6 is 27.5 Å². The second kappa shape index (κ2) is 6.75. The molecule has 0 atom stereocenters. The molecule has 1 aliphatic carbocycles. The lowest BCUT2D eigenvalue weighted by atomic mass is 9.86. The van der Waals surface area contributed by atoms with E-state index in [2.05, 4.69) is 21.2 Å². The number of nitrogens with one attached hydrogen (secondary N) is 1. The van der Waals surface area contributed by atoms with Gasteiger partial charge >= 0.3 is 5.97 Å². The molecular formula is C14H14BrClFNO3. The fraction of sp³-hybridized carbons (Fsp3) is 0.429. The third kappa shape index (κ3) is 3.95. The van der Waals surface area contributed by atoms with Crippen LogP contribution in [0.15, 0.2) is 16.6 Å². The lowest BCUT2D eigenvalue weighted by molar-refractivity contribution is -0.142. The van der Waals surface area contributed by atoms with Crippen LogP contribution < -0.4 is 5.32 Å². The molecule has 0 aromatic heterocycles. The van der Waals surface area contributed by atoms with Crippen molar-refractivity contribution < 1.29 is 19.1 Å². The van der Waals surface area contributed by atoms with Crippen molar-refractivity contribution in [3.8, 4) is 0 Å². The normalized spacial score (nSPS) is 21.9. The number of hydrogen-bond acceptors (Lipinski definition) is 2. The van der Waals surface area contributed by atoms with Gasteiger partial charge in [0.2, 0.25) is 0 Å². The van der Waals surface area contributed by atoms with Crippen LogP contribution in [0.1, 0.15) is 36.0 Å². The van der Waals surface area contributed by atoms with Crippen molar-refractivity contribution in [2.75, 3.05) is 0 Å². The standard InChI is InChI=1S/C14H14BrClFNO3/c15-12-10(5-8(16)6-11(12)17)13(19)18-9-3-1-7(2-4-9)14(20)21/h5-7,9H,1-4H2,(H,18,19)(H,20,21). The summed E-state index contributed by atoms with van der Waals surface area (Å²) in [5, 5.41) is 11.9. The van der Waals surface area contributed by atoms with E-state index in [0.717, 1.165) is 6.07 Å². The zero-order valence-corrected chi connectivity index (χ0v) is 13.4. The van der Waals surface area contributed by atoms with Crippen LogP contribution in [0, 0.1) is 11.7 Å². The number of carboxylic acid groups (broad SMARTS) is 1. The van der Waals surface area contributed by atoms with Crippen LogP contribution in [0.3, 0.4) is 0 Å². The number of amides is 1. The molecule has 0 bridgehead atoms. The van der Waals surface area contributed by atoms with Gasteiger partial charge < -0.3 is 10.4 Å². The molecule has 1 aliphatic rings.